The molecule has 7 nitrogen and oxygen atoms in total. The Balaban J connectivity index is 1.64. The number of hydrogen-bond acceptors (Lipinski definition) is 5. The van der Waals surface area contributed by atoms with Gasteiger partial charge in [0.05, 0.1) is 23.9 Å². The van der Waals surface area contributed by atoms with Crippen LogP contribution in [0.1, 0.15) is 36.1 Å². The van der Waals surface area contributed by atoms with Crippen LogP contribution in [0.4, 0.5) is 4.39 Å². The van der Waals surface area contributed by atoms with Gasteiger partial charge in [-0.15, -0.1) is 5.10 Å². The highest BCUT2D eigenvalue weighted by Gasteiger charge is 2.45. The van der Waals surface area contributed by atoms with Gasteiger partial charge < -0.3 is 4.74 Å². The van der Waals surface area contributed by atoms with Crippen molar-refractivity contribution in [1.82, 2.24) is 24.4 Å². The van der Waals surface area contributed by atoms with Gasteiger partial charge in [0.15, 0.2) is 5.65 Å². The van der Waals surface area contributed by atoms with Crippen LogP contribution in [0.3, 0.4) is 0 Å². The average Bonchev–Trinajstić information content (AvgIpc) is 3.33. The molecule has 1 aliphatic rings. The number of aromatic nitrogens is 5. The molecule has 0 amide bonds. The maximum Gasteiger partial charge on any atom is 0.235 e. The van der Waals surface area contributed by atoms with E-state index in [1.807, 2.05) is 6.20 Å². The zero-order valence-electron chi connectivity index (χ0n) is 17.2. The van der Waals surface area contributed by atoms with Gasteiger partial charge in [0.25, 0.3) is 0 Å². The molecule has 4 rings (SSSR count). The number of nitrogens with zero attached hydrogens (tertiary/aromatic N) is 6. The second-order valence-corrected chi connectivity index (χ2v) is 14.8. The standard InChI is InChI=1S/C20H25FN6OSi/c1-20(15-10-24-26(12-15)13-28-5-6-29(2,3)4)8-14(9-22)16-11-23-18-7-17(21)25-27(18)19(16)20/h7,10-12,14H,5-6,8,13H2,1-4H3. The summed E-state index contributed by atoms with van der Waals surface area (Å²) in [5.41, 5.74) is 2.47. The highest BCUT2D eigenvalue weighted by Crippen LogP contribution is 2.49. The highest BCUT2D eigenvalue weighted by atomic mass is 28.3. The van der Waals surface area contributed by atoms with Gasteiger partial charge >= 0.3 is 0 Å². The Morgan fingerprint density at radius 3 is 2.90 bits per heavy atom. The number of nitriles is 1. The van der Waals surface area contributed by atoms with E-state index in [0.29, 0.717) is 18.8 Å². The molecule has 0 N–H and O–H groups in total. The molecular formula is C20H25FN6OSi. The highest BCUT2D eigenvalue weighted by molar-refractivity contribution is 6.76. The molecule has 1 aliphatic carbocycles. The molecule has 2 atom stereocenters. The van der Waals surface area contributed by atoms with Gasteiger partial charge in [0.2, 0.25) is 5.95 Å². The van der Waals surface area contributed by atoms with Gasteiger partial charge in [-0.2, -0.15) is 14.8 Å². The van der Waals surface area contributed by atoms with Crippen molar-refractivity contribution in [3.05, 3.63) is 47.4 Å². The summed E-state index contributed by atoms with van der Waals surface area (Å²) >= 11 is 0. The topological polar surface area (TPSA) is 81.0 Å². The van der Waals surface area contributed by atoms with Crippen LogP contribution in [0.15, 0.2) is 24.7 Å². The van der Waals surface area contributed by atoms with Crippen LogP contribution >= 0.6 is 0 Å². The van der Waals surface area contributed by atoms with Crippen molar-refractivity contribution in [1.29, 1.82) is 5.26 Å². The molecule has 0 saturated heterocycles. The van der Waals surface area contributed by atoms with Gasteiger partial charge in [-0.25, -0.2) is 14.2 Å². The maximum absolute atomic E-state index is 13.8. The van der Waals surface area contributed by atoms with E-state index < -0.39 is 19.4 Å². The number of hydrogen-bond donors (Lipinski definition) is 0. The van der Waals surface area contributed by atoms with Gasteiger partial charge in [-0.1, -0.05) is 19.6 Å². The molecule has 3 heterocycles. The monoisotopic (exact) mass is 412 g/mol. The predicted molar refractivity (Wildman–Crippen MR) is 109 cm³/mol. The van der Waals surface area contributed by atoms with Crippen molar-refractivity contribution >= 4 is 13.7 Å². The largest absolute Gasteiger partial charge is 0.360 e. The Bertz CT molecular complexity index is 1090. The Morgan fingerprint density at radius 2 is 2.17 bits per heavy atom. The molecule has 0 aromatic carbocycles. The van der Waals surface area contributed by atoms with Crippen LogP contribution in [-0.2, 0) is 16.9 Å². The fourth-order valence-electron chi connectivity index (χ4n) is 3.97. The average molecular weight is 413 g/mol. The van der Waals surface area contributed by atoms with E-state index in [0.717, 1.165) is 29.5 Å². The van der Waals surface area contributed by atoms with Crippen molar-refractivity contribution < 1.29 is 9.13 Å². The fraction of sp³-hybridized carbons (Fsp3) is 0.500. The van der Waals surface area contributed by atoms with E-state index in [4.69, 9.17) is 4.74 Å². The normalized spacial score (nSPS) is 21.4. The van der Waals surface area contributed by atoms with E-state index in [1.54, 1.807) is 17.1 Å². The summed E-state index contributed by atoms with van der Waals surface area (Å²) < 4.78 is 22.9. The van der Waals surface area contributed by atoms with Crippen molar-refractivity contribution in [2.24, 2.45) is 0 Å². The van der Waals surface area contributed by atoms with E-state index in [1.165, 1.54) is 10.6 Å². The van der Waals surface area contributed by atoms with Crippen molar-refractivity contribution in [2.45, 2.75) is 57.1 Å². The molecule has 0 radical (unpaired) electrons. The minimum Gasteiger partial charge on any atom is -0.360 e. The summed E-state index contributed by atoms with van der Waals surface area (Å²) in [5.74, 6) is -0.907. The third kappa shape index (κ3) is 3.58. The molecule has 0 fully saturated rings. The second kappa shape index (κ2) is 7.04. The molecule has 0 spiro atoms. The van der Waals surface area contributed by atoms with Crippen LogP contribution in [0.5, 0.6) is 0 Å². The quantitative estimate of drug-likeness (QED) is 0.456. The van der Waals surface area contributed by atoms with E-state index in [2.05, 4.69) is 47.8 Å². The lowest BCUT2D eigenvalue weighted by Crippen LogP contribution is -2.23. The van der Waals surface area contributed by atoms with Crippen molar-refractivity contribution in [3.8, 4) is 6.07 Å². The Hall–Kier alpha value is -2.57. The summed E-state index contributed by atoms with van der Waals surface area (Å²) in [7, 11) is -1.13. The molecule has 152 valence electrons. The molecule has 2 unspecified atom stereocenters. The molecule has 29 heavy (non-hydrogen) atoms. The second-order valence-electron chi connectivity index (χ2n) is 9.13. The summed E-state index contributed by atoms with van der Waals surface area (Å²) in [6.45, 7) is 10.1. The summed E-state index contributed by atoms with van der Waals surface area (Å²) in [4.78, 5) is 4.28. The lowest BCUT2D eigenvalue weighted by atomic mass is 9.81. The number of halogens is 1. The first kappa shape index (κ1) is 19.7. The minimum atomic E-state index is -1.13. The SMILES string of the molecule is CC1(c2cnn(COCC[Si](C)(C)C)c2)CC(C#N)c2cnc3cc(F)nn3c21. The first-order chi connectivity index (χ1) is 13.7. The van der Waals surface area contributed by atoms with Crippen LogP contribution in [0, 0.1) is 17.3 Å². The van der Waals surface area contributed by atoms with Gasteiger partial charge in [-0.05, 0) is 19.4 Å². The first-order valence-corrected chi connectivity index (χ1v) is 13.5. The maximum atomic E-state index is 13.8. The Labute approximate surface area is 170 Å². The van der Waals surface area contributed by atoms with Crippen molar-refractivity contribution in [2.75, 3.05) is 6.61 Å². The zero-order valence-corrected chi connectivity index (χ0v) is 18.2. The van der Waals surface area contributed by atoms with Crippen LogP contribution in [-0.4, -0.2) is 39.1 Å². The molecule has 0 bridgehead atoms. The molecule has 3 aromatic heterocycles. The fourth-order valence-corrected chi connectivity index (χ4v) is 4.72. The predicted octanol–water partition coefficient (Wildman–Crippen LogP) is 3.69. The van der Waals surface area contributed by atoms with Gasteiger partial charge in [0.1, 0.15) is 6.73 Å². The minimum absolute atomic E-state index is 0.324. The Kier molecular flexibility index (Phi) is 4.79. The summed E-state index contributed by atoms with van der Waals surface area (Å²) in [6, 6.07) is 4.76. The van der Waals surface area contributed by atoms with Crippen LogP contribution in [0.25, 0.3) is 5.65 Å². The molecule has 0 aliphatic heterocycles. The number of fused-ring (bicyclic) bond motifs is 3. The van der Waals surface area contributed by atoms with Gasteiger partial charge in [0, 0.05) is 49.7 Å². The summed E-state index contributed by atoms with van der Waals surface area (Å²) in [6.07, 6.45) is 6.00. The number of rotatable bonds is 6. The van der Waals surface area contributed by atoms with E-state index in [9.17, 15) is 9.65 Å². The number of ether oxygens (including phenoxy) is 1. The van der Waals surface area contributed by atoms with Crippen LogP contribution in [0.2, 0.25) is 25.7 Å². The zero-order chi connectivity index (χ0) is 20.8. The lowest BCUT2D eigenvalue weighted by Gasteiger charge is -2.24. The van der Waals surface area contributed by atoms with Crippen LogP contribution < -0.4 is 0 Å². The Morgan fingerprint density at radius 1 is 1.38 bits per heavy atom. The third-order valence-electron chi connectivity index (χ3n) is 5.64. The van der Waals surface area contributed by atoms with Crippen molar-refractivity contribution in [3.63, 3.8) is 0 Å². The van der Waals surface area contributed by atoms with E-state index >= 15 is 0 Å². The van der Waals surface area contributed by atoms with E-state index in [-0.39, 0.29) is 5.92 Å². The lowest BCUT2D eigenvalue weighted by molar-refractivity contribution is 0.0785. The third-order valence-corrected chi connectivity index (χ3v) is 7.34. The molecule has 9 heteroatoms. The molecule has 3 aromatic rings. The molecule has 0 saturated carbocycles. The first-order valence-electron chi connectivity index (χ1n) is 9.76. The molecular weight excluding hydrogens is 387 g/mol. The van der Waals surface area contributed by atoms with Gasteiger partial charge in [-0.3, -0.25) is 0 Å². The smallest absolute Gasteiger partial charge is 0.235 e. The summed E-state index contributed by atoms with van der Waals surface area (Å²) in [5, 5.41) is 18.1.